The lowest BCUT2D eigenvalue weighted by atomic mass is 10.4. The van der Waals surface area contributed by atoms with Crippen LogP contribution in [0, 0.1) is 0 Å². The maximum Gasteiger partial charge on any atom is 0.332 e. The molecule has 0 fully saturated rings. The molecular weight excluding hydrogens is 346 g/mol. The third-order valence-corrected chi connectivity index (χ3v) is 4.06. The highest BCUT2D eigenvalue weighted by atomic mass is 35.5. The van der Waals surface area contributed by atoms with Gasteiger partial charge in [-0.3, -0.25) is 13.9 Å². The molecule has 3 rings (SSSR count). The van der Waals surface area contributed by atoms with E-state index in [9.17, 15) is 9.59 Å². The van der Waals surface area contributed by atoms with Crippen LogP contribution in [-0.2, 0) is 27.2 Å². The Kier molecular flexibility index (Phi) is 4.54. The largest absolute Gasteiger partial charge is 0.467 e. The number of nitrogens with one attached hydrogen (secondary N) is 1. The highest BCUT2D eigenvalue weighted by Crippen LogP contribution is 2.17. The van der Waals surface area contributed by atoms with Crippen molar-refractivity contribution in [3.05, 3.63) is 56.1 Å². The molecule has 0 aromatic carbocycles. The van der Waals surface area contributed by atoms with E-state index < -0.39 is 11.2 Å². The monoisotopic (exact) mass is 363 g/mol. The van der Waals surface area contributed by atoms with Gasteiger partial charge >= 0.3 is 5.69 Å². The minimum Gasteiger partial charge on any atom is -0.467 e. The highest BCUT2D eigenvalue weighted by Gasteiger charge is 2.18. The summed E-state index contributed by atoms with van der Waals surface area (Å²) in [6.45, 7) is 2.50. The molecule has 0 aliphatic rings. The van der Waals surface area contributed by atoms with Crippen LogP contribution in [0.1, 0.15) is 12.7 Å². The molecular formula is C16H18ClN5O3. The second kappa shape index (κ2) is 6.64. The molecule has 0 bridgehead atoms. The van der Waals surface area contributed by atoms with Crippen molar-refractivity contribution in [1.82, 2.24) is 18.7 Å². The maximum absolute atomic E-state index is 12.6. The number of aromatic nitrogens is 4. The minimum absolute atomic E-state index is 0.315. The number of nitrogens with zero attached hydrogens (tertiary/aromatic N) is 4. The Hall–Kier alpha value is -2.74. The van der Waals surface area contributed by atoms with Crippen LogP contribution in [0.4, 0.5) is 5.95 Å². The number of furan rings is 1. The van der Waals surface area contributed by atoms with Gasteiger partial charge in [0.25, 0.3) is 5.56 Å². The average Bonchev–Trinajstić information content (AvgIpc) is 3.21. The molecule has 0 aliphatic heterocycles. The third-order valence-electron chi connectivity index (χ3n) is 3.90. The predicted molar refractivity (Wildman–Crippen MR) is 95.9 cm³/mol. The van der Waals surface area contributed by atoms with Crippen molar-refractivity contribution in [1.29, 1.82) is 0 Å². The molecule has 3 aromatic rings. The molecule has 0 atom stereocenters. The second-order valence-corrected chi connectivity index (χ2v) is 6.24. The molecule has 0 aliphatic carbocycles. The summed E-state index contributed by atoms with van der Waals surface area (Å²) in [4.78, 5) is 29.2. The molecule has 0 unspecified atom stereocenters. The van der Waals surface area contributed by atoms with Gasteiger partial charge in [0.15, 0.2) is 11.2 Å². The minimum atomic E-state index is -0.427. The van der Waals surface area contributed by atoms with E-state index in [-0.39, 0.29) is 0 Å². The van der Waals surface area contributed by atoms with E-state index in [4.69, 9.17) is 16.0 Å². The maximum atomic E-state index is 12.6. The van der Waals surface area contributed by atoms with Crippen LogP contribution in [0.5, 0.6) is 0 Å². The standard InChI is InChI=1S/C16H18ClN5O3/c1-10(17)6-7-22-12-13(20(2)16(24)21(3)14(12)23)19-15(22)18-9-11-5-4-8-25-11/h4-6,8H,7,9H2,1-3H3,(H,18,19)/b10-6+. The lowest BCUT2D eigenvalue weighted by Gasteiger charge is -2.08. The molecule has 9 heteroatoms. The van der Waals surface area contributed by atoms with E-state index in [0.717, 1.165) is 10.3 Å². The first-order valence-corrected chi connectivity index (χ1v) is 8.02. The van der Waals surface area contributed by atoms with Gasteiger partial charge in [-0.1, -0.05) is 17.7 Å². The van der Waals surface area contributed by atoms with Crippen molar-refractivity contribution in [2.75, 3.05) is 5.32 Å². The van der Waals surface area contributed by atoms with Crippen LogP contribution in [0.25, 0.3) is 11.2 Å². The van der Waals surface area contributed by atoms with Gasteiger partial charge in [0.2, 0.25) is 5.95 Å². The van der Waals surface area contributed by atoms with Crippen LogP contribution in [-0.4, -0.2) is 18.7 Å². The molecule has 0 spiro atoms. The molecule has 0 saturated heterocycles. The van der Waals surface area contributed by atoms with Crippen LogP contribution in [0.15, 0.2) is 43.5 Å². The van der Waals surface area contributed by atoms with Crippen LogP contribution >= 0.6 is 11.6 Å². The topological polar surface area (TPSA) is 87.0 Å². The molecule has 0 radical (unpaired) electrons. The Bertz CT molecular complexity index is 1050. The van der Waals surface area contributed by atoms with Gasteiger partial charge in [-0.25, -0.2) is 4.79 Å². The third kappa shape index (κ3) is 3.12. The van der Waals surface area contributed by atoms with E-state index in [1.54, 1.807) is 36.9 Å². The first kappa shape index (κ1) is 17.1. The summed E-state index contributed by atoms with van der Waals surface area (Å²) in [6.07, 6.45) is 3.35. The predicted octanol–water partition coefficient (Wildman–Crippen LogP) is 1.78. The van der Waals surface area contributed by atoms with Gasteiger partial charge in [0.05, 0.1) is 12.8 Å². The van der Waals surface area contributed by atoms with Gasteiger partial charge in [0, 0.05) is 25.7 Å². The van der Waals surface area contributed by atoms with E-state index in [2.05, 4.69) is 10.3 Å². The second-order valence-electron chi connectivity index (χ2n) is 5.65. The van der Waals surface area contributed by atoms with Crippen molar-refractivity contribution in [2.45, 2.75) is 20.0 Å². The van der Waals surface area contributed by atoms with Crippen molar-refractivity contribution >= 4 is 28.7 Å². The fourth-order valence-electron chi connectivity index (χ4n) is 2.56. The number of hydrogen-bond acceptors (Lipinski definition) is 5. The lowest BCUT2D eigenvalue weighted by Crippen LogP contribution is -2.37. The number of anilines is 1. The molecule has 132 valence electrons. The van der Waals surface area contributed by atoms with Crippen LogP contribution in [0.2, 0.25) is 0 Å². The zero-order valence-electron chi connectivity index (χ0n) is 14.1. The number of fused-ring (bicyclic) bond motifs is 1. The normalized spacial score (nSPS) is 12.1. The van der Waals surface area contributed by atoms with Crippen molar-refractivity contribution < 1.29 is 4.42 Å². The summed E-state index contributed by atoms with van der Waals surface area (Å²) in [7, 11) is 3.03. The number of hydrogen-bond donors (Lipinski definition) is 1. The van der Waals surface area contributed by atoms with Gasteiger partial charge in [-0.15, -0.1) is 0 Å². The van der Waals surface area contributed by atoms with Crippen molar-refractivity contribution in [3.63, 3.8) is 0 Å². The van der Waals surface area contributed by atoms with Gasteiger partial charge in [-0.05, 0) is 19.1 Å². The summed E-state index contributed by atoms with van der Waals surface area (Å²) in [5, 5.41) is 3.74. The molecule has 8 nitrogen and oxygen atoms in total. The Morgan fingerprint density at radius 3 is 2.76 bits per heavy atom. The smallest absolute Gasteiger partial charge is 0.332 e. The first-order valence-electron chi connectivity index (χ1n) is 7.65. The fraction of sp³-hybridized carbons (Fsp3) is 0.312. The Morgan fingerprint density at radius 1 is 1.36 bits per heavy atom. The Balaban J connectivity index is 2.17. The quantitative estimate of drug-likeness (QED) is 0.746. The molecule has 0 saturated carbocycles. The van der Waals surface area contributed by atoms with Gasteiger partial charge in [0.1, 0.15) is 5.76 Å². The fourth-order valence-corrected chi connectivity index (χ4v) is 2.62. The highest BCUT2D eigenvalue weighted by molar-refractivity contribution is 6.29. The number of imidazole rings is 1. The number of aryl methyl sites for hydroxylation is 1. The van der Waals surface area contributed by atoms with E-state index in [1.165, 1.54) is 11.6 Å². The van der Waals surface area contributed by atoms with Gasteiger partial charge < -0.3 is 14.3 Å². The average molecular weight is 364 g/mol. The molecule has 1 N–H and O–H groups in total. The molecule has 3 heterocycles. The summed E-state index contributed by atoms with van der Waals surface area (Å²) < 4.78 is 9.41. The summed E-state index contributed by atoms with van der Waals surface area (Å²) in [5.41, 5.74) is -0.183. The Labute approximate surface area is 148 Å². The SMILES string of the molecule is C/C(Cl)=C\Cn1c(NCc2ccco2)nc2c1c(=O)n(C)c(=O)n2C. The molecule has 0 amide bonds. The summed E-state index contributed by atoms with van der Waals surface area (Å²) in [5.74, 6) is 1.18. The molecule has 3 aromatic heterocycles. The van der Waals surface area contributed by atoms with Crippen molar-refractivity contribution in [2.24, 2.45) is 14.1 Å². The zero-order valence-corrected chi connectivity index (χ0v) is 14.9. The lowest BCUT2D eigenvalue weighted by molar-refractivity contribution is 0.517. The number of allylic oxidation sites excluding steroid dienone is 2. The zero-order chi connectivity index (χ0) is 18.1. The van der Waals surface area contributed by atoms with Crippen LogP contribution in [0.3, 0.4) is 0 Å². The number of rotatable bonds is 5. The van der Waals surface area contributed by atoms with Gasteiger partial charge in [-0.2, -0.15) is 4.98 Å². The van der Waals surface area contributed by atoms with Crippen molar-refractivity contribution in [3.8, 4) is 0 Å². The van der Waals surface area contributed by atoms with E-state index in [0.29, 0.717) is 35.2 Å². The molecule has 25 heavy (non-hydrogen) atoms. The Morgan fingerprint density at radius 2 is 2.12 bits per heavy atom. The van der Waals surface area contributed by atoms with Crippen LogP contribution < -0.4 is 16.6 Å². The summed E-state index contributed by atoms with van der Waals surface area (Å²) >= 11 is 5.94. The summed E-state index contributed by atoms with van der Waals surface area (Å²) in [6, 6.07) is 3.62. The first-order chi connectivity index (χ1) is 11.9. The van der Waals surface area contributed by atoms with E-state index in [1.807, 2.05) is 6.07 Å². The van der Waals surface area contributed by atoms with E-state index >= 15 is 0 Å². The number of halogens is 1.